The lowest BCUT2D eigenvalue weighted by atomic mass is 10.2. The number of nitrogens with zero attached hydrogens (tertiary/aromatic N) is 2. The van der Waals surface area contributed by atoms with Crippen LogP contribution >= 0.6 is 11.6 Å². The van der Waals surface area contributed by atoms with Gasteiger partial charge in [0.2, 0.25) is 0 Å². The van der Waals surface area contributed by atoms with E-state index < -0.39 is 15.8 Å². The first-order valence-corrected chi connectivity index (χ1v) is 8.57. The van der Waals surface area contributed by atoms with Crippen molar-refractivity contribution in [2.45, 2.75) is 4.90 Å². The van der Waals surface area contributed by atoms with Crippen LogP contribution < -0.4 is 10.3 Å². The van der Waals surface area contributed by atoms with E-state index in [2.05, 4.69) is 9.71 Å². The maximum atomic E-state index is 13.5. The van der Waals surface area contributed by atoms with Gasteiger partial charge in [-0.25, -0.2) is 17.8 Å². The smallest absolute Gasteiger partial charge is 0.261 e. The molecule has 0 aliphatic heterocycles. The van der Waals surface area contributed by atoms with E-state index in [9.17, 15) is 17.6 Å². The third-order valence-electron chi connectivity index (χ3n) is 3.37. The minimum absolute atomic E-state index is 0.169. The van der Waals surface area contributed by atoms with Crippen molar-refractivity contribution in [3.63, 3.8) is 0 Å². The van der Waals surface area contributed by atoms with E-state index in [1.54, 1.807) is 7.05 Å². The van der Waals surface area contributed by atoms with E-state index in [1.165, 1.54) is 35.2 Å². The average Bonchev–Trinajstić information content (AvgIpc) is 2.53. The van der Waals surface area contributed by atoms with Gasteiger partial charge in [-0.15, -0.1) is 0 Å². The Balaban J connectivity index is 2.03. The van der Waals surface area contributed by atoms with Crippen molar-refractivity contribution in [3.05, 3.63) is 63.9 Å². The molecule has 0 spiro atoms. The number of nitrogens with one attached hydrogen (secondary N) is 1. The van der Waals surface area contributed by atoms with Crippen LogP contribution in [0.2, 0.25) is 5.02 Å². The molecule has 0 aliphatic carbocycles. The molecule has 0 saturated heterocycles. The van der Waals surface area contributed by atoms with Crippen molar-refractivity contribution >= 4 is 38.2 Å². The van der Waals surface area contributed by atoms with Crippen LogP contribution in [0.3, 0.4) is 0 Å². The Morgan fingerprint density at radius 1 is 1.21 bits per heavy atom. The fourth-order valence-electron chi connectivity index (χ4n) is 2.13. The molecule has 0 unspecified atom stereocenters. The molecule has 0 aliphatic rings. The van der Waals surface area contributed by atoms with E-state index >= 15 is 0 Å². The van der Waals surface area contributed by atoms with Gasteiger partial charge in [0, 0.05) is 12.7 Å². The van der Waals surface area contributed by atoms with Crippen LogP contribution in [0.15, 0.2) is 52.4 Å². The SMILES string of the molecule is Cn1cnc2ccc(NS(=O)(=O)c3ccc(Cl)c(F)c3)cc2c1=O. The van der Waals surface area contributed by atoms with Crippen LogP contribution in [-0.4, -0.2) is 18.0 Å². The Labute approximate surface area is 141 Å². The number of halogens is 2. The number of hydrogen-bond donors (Lipinski definition) is 1. The van der Waals surface area contributed by atoms with Crippen molar-refractivity contribution in [2.75, 3.05) is 4.72 Å². The fraction of sp³-hybridized carbons (Fsp3) is 0.0667. The Bertz CT molecular complexity index is 1110. The monoisotopic (exact) mass is 367 g/mol. The van der Waals surface area contributed by atoms with Crippen LogP contribution in [-0.2, 0) is 17.1 Å². The lowest BCUT2D eigenvalue weighted by Gasteiger charge is -2.09. The molecule has 0 radical (unpaired) electrons. The zero-order valence-electron chi connectivity index (χ0n) is 12.3. The third-order valence-corrected chi connectivity index (χ3v) is 5.06. The molecule has 0 bridgehead atoms. The zero-order chi connectivity index (χ0) is 17.5. The van der Waals surface area contributed by atoms with Crippen molar-refractivity contribution in [1.29, 1.82) is 0 Å². The molecule has 0 atom stereocenters. The normalized spacial score (nSPS) is 11.6. The van der Waals surface area contributed by atoms with E-state index in [1.807, 2.05) is 0 Å². The predicted molar refractivity (Wildman–Crippen MR) is 89.2 cm³/mol. The number of aryl methyl sites for hydroxylation is 1. The second-order valence-corrected chi connectivity index (χ2v) is 7.16. The number of anilines is 1. The summed E-state index contributed by atoms with van der Waals surface area (Å²) in [5, 5.41) is 0.0942. The highest BCUT2D eigenvalue weighted by molar-refractivity contribution is 7.92. The molecule has 0 amide bonds. The molecule has 3 aromatic rings. The molecule has 2 aromatic carbocycles. The number of hydrogen-bond acceptors (Lipinski definition) is 4. The van der Waals surface area contributed by atoms with Crippen LogP contribution in [0.5, 0.6) is 0 Å². The zero-order valence-corrected chi connectivity index (χ0v) is 13.9. The summed E-state index contributed by atoms with van der Waals surface area (Å²) in [7, 11) is -2.48. The molecular weight excluding hydrogens is 357 g/mol. The van der Waals surface area contributed by atoms with Gasteiger partial charge in [-0.05, 0) is 36.4 Å². The van der Waals surface area contributed by atoms with Crippen LogP contribution in [0.1, 0.15) is 0 Å². The van der Waals surface area contributed by atoms with Gasteiger partial charge in [-0.3, -0.25) is 9.52 Å². The molecule has 1 aromatic heterocycles. The highest BCUT2D eigenvalue weighted by Gasteiger charge is 2.17. The van der Waals surface area contributed by atoms with Crippen molar-refractivity contribution in [3.8, 4) is 0 Å². The largest absolute Gasteiger partial charge is 0.302 e. The topological polar surface area (TPSA) is 81.1 Å². The van der Waals surface area contributed by atoms with Crippen LogP contribution in [0.25, 0.3) is 10.9 Å². The Morgan fingerprint density at radius 2 is 1.96 bits per heavy atom. The molecule has 0 fully saturated rings. The number of benzene rings is 2. The van der Waals surface area contributed by atoms with E-state index in [4.69, 9.17) is 11.6 Å². The Kier molecular flexibility index (Phi) is 4.02. The summed E-state index contributed by atoms with van der Waals surface area (Å²) < 4.78 is 41.7. The molecule has 1 N–H and O–H groups in total. The van der Waals surface area contributed by atoms with Crippen molar-refractivity contribution in [2.24, 2.45) is 7.05 Å². The van der Waals surface area contributed by atoms with Crippen LogP contribution in [0.4, 0.5) is 10.1 Å². The highest BCUT2D eigenvalue weighted by atomic mass is 35.5. The van der Waals surface area contributed by atoms with Gasteiger partial charge in [0.25, 0.3) is 15.6 Å². The first kappa shape index (κ1) is 16.4. The van der Waals surface area contributed by atoms with E-state index in [-0.39, 0.29) is 26.6 Å². The standard InChI is InChI=1S/C15H11ClFN3O3S/c1-20-8-18-14-5-2-9(6-11(14)15(20)21)19-24(22,23)10-3-4-12(16)13(17)7-10/h2-8,19H,1H3. The molecule has 0 saturated carbocycles. The number of sulfonamides is 1. The van der Waals surface area contributed by atoms with Gasteiger partial charge in [0.1, 0.15) is 5.82 Å². The maximum absolute atomic E-state index is 13.5. The minimum Gasteiger partial charge on any atom is -0.302 e. The maximum Gasteiger partial charge on any atom is 0.261 e. The lowest BCUT2D eigenvalue weighted by Crippen LogP contribution is -2.18. The number of rotatable bonds is 3. The van der Waals surface area contributed by atoms with Gasteiger partial charge < -0.3 is 4.57 Å². The summed E-state index contributed by atoms with van der Waals surface area (Å²) in [6.45, 7) is 0. The Hall–Kier alpha value is -2.45. The molecular formula is C15H11ClFN3O3S. The van der Waals surface area contributed by atoms with Crippen molar-refractivity contribution in [1.82, 2.24) is 9.55 Å². The molecule has 1 heterocycles. The molecule has 3 rings (SSSR count). The fourth-order valence-corrected chi connectivity index (χ4v) is 3.31. The second-order valence-electron chi connectivity index (χ2n) is 5.07. The van der Waals surface area contributed by atoms with Gasteiger partial charge in [0.15, 0.2) is 0 Å². The summed E-state index contributed by atoms with van der Waals surface area (Å²) in [6.07, 6.45) is 1.38. The summed E-state index contributed by atoms with van der Waals surface area (Å²) in [4.78, 5) is 15.9. The highest BCUT2D eigenvalue weighted by Crippen LogP contribution is 2.22. The summed E-state index contributed by atoms with van der Waals surface area (Å²) >= 11 is 5.55. The number of aromatic nitrogens is 2. The summed E-state index contributed by atoms with van der Waals surface area (Å²) in [5.41, 5.74) is 0.306. The van der Waals surface area contributed by atoms with Gasteiger partial charge in [0.05, 0.1) is 27.1 Å². The summed E-state index contributed by atoms with van der Waals surface area (Å²) in [5.74, 6) is -0.837. The first-order valence-electron chi connectivity index (χ1n) is 6.71. The van der Waals surface area contributed by atoms with Crippen molar-refractivity contribution < 1.29 is 12.8 Å². The van der Waals surface area contributed by atoms with Gasteiger partial charge in [-0.2, -0.15) is 0 Å². The third kappa shape index (κ3) is 2.98. The molecule has 124 valence electrons. The van der Waals surface area contributed by atoms with E-state index in [0.29, 0.717) is 5.52 Å². The second kappa shape index (κ2) is 5.88. The molecule has 9 heteroatoms. The molecule has 24 heavy (non-hydrogen) atoms. The Morgan fingerprint density at radius 3 is 2.67 bits per heavy atom. The molecule has 6 nitrogen and oxygen atoms in total. The van der Waals surface area contributed by atoms with Gasteiger partial charge >= 0.3 is 0 Å². The average molecular weight is 368 g/mol. The number of fused-ring (bicyclic) bond motifs is 1. The lowest BCUT2D eigenvalue weighted by molar-refractivity contribution is 0.595. The van der Waals surface area contributed by atoms with E-state index in [0.717, 1.165) is 12.1 Å². The minimum atomic E-state index is -4.02. The van der Waals surface area contributed by atoms with Crippen LogP contribution in [0, 0.1) is 5.82 Å². The quantitative estimate of drug-likeness (QED) is 0.771. The van der Waals surface area contributed by atoms with Gasteiger partial charge in [-0.1, -0.05) is 11.6 Å². The summed E-state index contributed by atoms with van der Waals surface area (Å²) in [6, 6.07) is 7.55. The first-order chi connectivity index (χ1) is 11.3. The predicted octanol–water partition coefficient (Wildman–Crippen LogP) is 2.53.